The van der Waals surface area contributed by atoms with E-state index >= 15 is 0 Å². The van der Waals surface area contributed by atoms with Crippen molar-refractivity contribution in [1.82, 2.24) is 4.98 Å². The number of ether oxygens (including phenoxy) is 2. The predicted octanol–water partition coefficient (Wildman–Crippen LogP) is 5.85. The fourth-order valence-electron chi connectivity index (χ4n) is 3.63. The van der Waals surface area contributed by atoms with Crippen LogP contribution < -0.4 is 14.9 Å². The summed E-state index contributed by atoms with van der Waals surface area (Å²) in [6.45, 7) is 0.464. The van der Waals surface area contributed by atoms with Gasteiger partial charge >= 0.3 is 5.97 Å². The lowest BCUT2D eigenvalue weighted by Crippen LogP contribution is -2.08. The molecule has 0 bridgehead atoms. The number of pyridine rings is 1. The number of benzene rings is 3. The van der Waals surface area contributed by atoms with Gasteiger partial charge in [-0.05, 0) is 42.0 Å². The maximum Gasteiger partial charge on any atom is 0.371 e. The maximum atomic E-state index is 12.5. The lowest BCUT2D eigenvalue weighted by Gasteiger charge is -2.11. The molecular formula is C27H18ClNO6. The average molecular weight is 488 g/mol. The molecule has 174 valence electrons. The molecule has 0 radical (unpaired) electrons. The number of aromatic carboxylic acids is 1. The van der Waals surface area contributed by atoms with Crippen LogP contribution in [0.15, 0.2) is 88.1 Å². The lowest BCUT2D eigenvalue weighted by atomic mass is 10.2. The molecule has 0 unspecified atom stereocenters. The largest absolute Gasteiger partial charge is 0.487 e. The van der Waals surface area contributed by atoms with Crippen LogP contribution in [-0.4, -0.2) is 16.1 Å². The summed E-state index contributed by atoms with van der Waals surface area (Å²) in [6, 6.07) is 23.0. The van der Waals surface area contributed by atoms with Crippen molar-refractivity contribution >= 4 is 39.4 Å². The Balaban J connectivity index is 1.28. The second kappa shape index (κ2) is 9.48. The third-order valence-electron chi connectivity index (χ3n) is 5.36. The quantitative estimate of drug-likeness (QED) is 0.307. The molecule has 0 amide bonds. The van der Waals surface area contributed by atoms with E-state index in [4.69, 9.17) is 30.6 Å². The minimum absolute atomic E-state index is 0.0837. The van der Waals surface area contributed by atoms with Crippen LogP contribution >= 0.6 is 11.6 Å². The Labute approximate surface area is 204 Å². The molecule has 0 fully saturated rings. The zero-order chi connectivity index (χ0) is 24.4. The van der Waals surface area contributed by atoms with E-state index in [1.807, 2.05) is 60.7 Å². The molecular weight excluding hydrogens is 470 g/mol. The summed E-state index contributed by atoms with van der Waals surface area (Å²) in [6.07, 6.45) is 0. The van der Waals surface area contributed by atoms with Crippen LogP contribution in [0.3, 0.4) is 0 Å². The summed E-state index contributed by atoms with van der Waals surface area (Å²) >= 11 is 6.26. The Morgan fingerprint density at radius 3 is 2.54 bits per heavy atom. The SMILES string of the molecule is O=C(O)c1cc(=O)c2c(OCc3ccc(OCc4ccc5ccccc5n4)cc3)c(Cl)ccc2o1. The Hall–Kier alpha value is -4.36. The van der Waals surface area contributed by atoms with E-state index in [1.54, 1.807) is 0 Å². The van der Waals surface area contributed by atoms with Gasteiger partial charge in [-0.3, -0.25) is 4.79 Å². The van der Waals surface area contributed by atoms with E-state index in [2.05, 4.69) is 4.98 Å². The molecule has 5 aromatic rings. The molecule has 0 aliphatic rings. The molecule has 8 heteroatoms. The van der Waals surface area contributed by atoms with Crippen LogP contribution in [0.1, 0.15) is 21.8 Å². The molecule has 2 aromatic heterocycles. The van der Waals surface area contributed by atoms with E-state index in [9.17, 15) is 9.59 Å². The topological polar surface area (TPSA) is 98.9 Å². The number of carbonyl (C=O) groups is 1. The van der Waals surface area contributed by atoms with Crippen LogP contribution in [0.5, 0.6) is 11.5 Å². The number of aromatic nitrogens is 1. The first-order chi connectivity index (χ1) is 17.0. The summed E-state index contributed by atoms with van der Waals surface area (Å²) < 4.78 is 17.0. The molecule has 1 N–H and O–H groups in total. The second-order valence-corrected chi connectivity index (χ2v) is 8.15. The van der Waals surface area contributed by atoms with E-state index in [0.717, 1.165) is 28.2 Å². The molecule has 7 nitrogen and oxygen atoms in total. The molecule has 0 spiro atoms. The Morgan fingerprint density at radius 1 is 0.943 bits per heavy atom. The summed E-state index contributed by atoms with van der Waals surface area (Å²) in [4.78, 5) is 28.3. The standard InChI is InChI=1S/C27H18ClNO6/c28-20-11-12-23-25(22(30)13-24(35-23)27(31)32)26(20)34-14-16-5-9-19(10-6-16)33-15-18-8-7-17-3-1-2-4-21(17)29-18/h1-13H,14-15H2,(H,31,32). The van der Waals surface area contributed by atoms with Crippen LogP contribution in [0.4, 0.5) is 0 Å². The summed E-state index contributed by atoms with van der Waals surface area (Å²) in [5.74, 6) is -0.975. The van der Waals surface area contributed by atoms with Gasteiger partial charge in [-0.1, -0.05) is 48.0 Å². The van der Waals surface area contributed by atoms with E-state index < -0.39 is 17.2 Å². The van der Waals surface area contributed by atoms with Gasteiger partial charge in [-0.2, -0.15) is 0 Å². The van der Waals surface area contributed by atoms with Crippen molar-refractivity contribution < 1.29 is 23.8 Å². The van der Waals surface area contributed by atoms with Gasteiger partial charge in [0.1, 0.15) is 29.9 Å². The highest BCUT2D eigenvalue weighted by Crippen LogP contribution is 2.32. The Bertz CT molecular complexity index is 1610. The molecule has 0 aliphatic heterocycles. The molecule has 35 heavy (non-hydrogen) atoms. The number of hydrogen-bond donors (Lipinski definition) is 1. The number of carboxylic acids is 1. The summed E-state index contributed by atoms with van der Waals surface area (Å²) in [5.41, 5.74) is 2.10. The van der Waals surface area contributed by atoms with Crippen molar-refractivity contribution in [2.24, 2.45) is 0 Å². The Morgan fingerprint density at radius 2 is 1.74 bits per heavy atom. The van der Waals surface area contributed by atoms with Crippen LogP contribution in [-0.2, 0) is 13.2 Å². The van der Waals surface area contributed by atoms with Crippen molar-refractivity contribution in [3.63, 3.8) is 0 Å². The fraction of sp³-hybridized carbons (Fsp3) is 0.0741. The molecule has 0 atom stereocenters. The first-order valence-electron chi connectivity index (χ1n) is 10.7. The maximum absolute atomic E-state index is 12.5. The van der Waals surface area contributed by atoms with Gasteiger partial charge in [-0.25, -0.2) is 9.78 Å². The van der Waals surface area contributed by atoms with Gasteiger partial charge in [0.25, 0.3) is 0 Å². The van der Waals surface area contributed by atoms with Crippen molar-refractivity contribution in [3.05, 3.63) is 111 Å². The number of nitrogens with zero attached hydrogens (tertiary/aromatic N) is 1. The summed E-state index contributed by atoms with van der Waals surface area (Å²) in [5, 5.41) is 10.5. The van der Waals surface area contributed by atoms with Crippen molar-refractivity contribution in [2.75, 3.05) is 0 Å². The molecule has 3 aromatic carbocycles. The number of halogens is 1. The zero-order valence-corrected chi connectivity index (χ0v) is 19.0. The van der Waals surface area contributed by atoms with Gasteiger partial charge in [0.05, 0.1) is 16.2 Å². The highest BCUT2D eigenvalue weighted by molar-refractivity contribution is 6.33. The monoisotopic (exact) mass is 487 g/mol. The van der Waals surface area contributed by atoms with Crippen molar-refractivity contribution in [2.45, 2.75) is 13.2 Å². The fourth-order valence-corrected chi connectivity index (χ4v) is 3.84. The molecule has 5 rings (SSSR count). The number of hydrogen-bond acceptors (Lipinski definition) is 6. The van der Waals surface area contributed by atoms with E-state index in [1.165, 1.54) is 12.1 Å². The van der Waals surface area contributed by atoms with Gasteiger partial charge in [-0.15, -0.1) is 0 Å². The minimum Gasteiger partial charge on any atom is -0.487 e. The van der Waals surface area contributed by atoms with E-state index in [0.29, 0.717) is 12.4 Å². The number of rotatable bonds is 7. The molecule has 0 saturated carbocycles. The normalized spacial score (nSPS) is 11.0. The first-order valence-corrected chi connectivity index (χ1v) is 11.0. The van der Waals surface area contributed by atoms with Gasteiger partial charge in [0.15, 0.2) is 11.2 Å². The highest BCUT2D eigenvalue weighted by Gasteiger charge is 2.17. The second-order valence-electron chi connectivity index (χ2n) is 7.75. The van der Waals surface area contributed by atoms with Gasteiger partial charge in [0, 0.05) is 11.5 Å². The first kappa shape index (κ1) is 22.4. The van der Waals surface area contributed by atoms with Crippen molar-refractivity contribution in [1.29, 1.82) is 0 Å². The smallest absolute Gasteiger partial charge is 0.371 e. The molecule has 2 heterocycles. The van der Waals surface area contributed by atoms with Gasteiger partial charge in [0.2, 0.25) is 5.76 Å². The van der Waals surface area contributed by atoms with E-state index in [-0.39, 0.29) is 28.3 Å². The molecule has 0 aliphatic carbocycles. The number of para-hydroxylation sites is 1. The lowest BCUT2D eigenvalue weighted by molar-refractivity contribution is 0.0663. The molecule has 0 saturated heterocycles. The zero-order valence-electron chi connectivity index (χ0n) is 18.2. The predicted molar refractivity (Wildman–Crippen MR) is 131 cm³/mol. The minimum atomic E-state index is -1.33. The third-order valence-corrected chi connectivity index (χ3v) is 5.66. The van der Waals surface area contributed by atoms with Gasteiger partial charge < -0.3 is 19.0 Å². The average Bonchev–Trinajstić information content (AvgIpc) is 2.87. The highest BCUT2D eigenvalue weighted by atomic mass is 35.5. The Kier molecular flexibility index (Phi) is 6.08. The van der Waals surface area contributed by atoms with Crippen LogP contribution in [0.2, 0.25) is 5.02 Å². The third kappa shape index (κ3) is 4.81. The van der Waals surface area contributed by atoms with Crippen molar-refractivity contribution in [3.8, 4) is 11.5 Å². The van der Waals surface area contributed by atoms with Crippen LogP contribution in [0, 0.1) is 0 Å². The van der Waals surface area contributed by atoms with Crippen LogP contribution in [0.25, 0.3) is 21.9 Å². The summed E-state index contributed by atoms with van der Waals surface area (Å²) in [7, 11) is 0. The number of fused-ring (bicyclic) bond motifs is 2. The number of carboxylic acid groups (broad SMARTS) is 1.